The SMILES string of the molecule is NNC(=O)c1ccc2nc(-c3ccc(Cl)cc3)sc2c1. The van der Waals surface area contributed by atoms with Gasteiger partial charge in [0, 0.05) is 16.1 Å². The molecular formula is C14H10ClN3OS. The van der Waals surface area contributed by atoms with Crippen molar-refractivity contribution in [3.05, 3.63) is 53.1 Å². The summed E-state index contributed by atoms with van der Waals surface area (Å²) >= 11 is 7.40. The van der Waals surface area contributed by atoms with Crippen molar-refractivity contribution in [1.29, 1.82) is 0 Å². The fourth-order valence-electron chi connectivity index (χ4n) is 1.87. The number of carbonyl (C=O) groups excluding carboxylic acids is 1. The highest BCUT2D eigenvalue weighted by Crippen LogP contribution is 2.31. The third-order valence-electron chi connectivity index (χ3n) is 2.87. The summed E-state index contributed by atoms with van der Waals surface area (Å²) < 4.78 is 0.941. The number of nitrogens with two attached hydrogens (primary N) is 1. The van der Waals surface area contributed by atoms with Crippen LogP contribution in [0.1, 0.15) is 10.4 Å². The van der Waals surface area contributed by atoms with Gasteiger partial charge in [0.2, 0.25) is 0 Å². The van der Waals surface area contributed by atoms with Crippen LogP contribution in [-0.4, -0.2) is 10.9 Å². The number of hydrogen-bond acceptors (Lipinski definition) is 4. The summed E-state index contributed by atoms with van der Waals surface area (Å²) in [5, 5.41) is 1.58. The fourth-order valence-corrected chi connectivity index (χ4v) is 3.00. The summed E-state index contributed by atoms with van der Waals surface area (Å²) in [6.45, 7) is 0. The van der Waals surface area contributed by atoms with Crippen molar-refractivity contribution in [3.63, 3.8) is 0 Å². The Morgan fingerprint density at radius 3 is 2.65 bits per heavy atom. The molecule has 0 atom stereocenters. The largest absolute Gasteiger partial charge is 0.290 e. The number of rotatable bonds is 2. The summed E-state index contributed by atoms with van der Waals surface area (Å²) in [5.41, 5.74) is 4.50. The lowest BCUT2D eigenvalue weighted by Gasteiger charge is -1.97. The molecule has 0 saturated heterocycles. The second kappa shape index (κ2) is 5.20. The van der Waals surface area contributed by atoms with Gasteiger partial charge in [-0.25, -0.2) is 10.8 Å². The van der Waals surface area contributed by atoms with E-state index in [4.69, 9.17) is 17.4 Å². The molecule has 0 saturated carbocycles. The number of hydrazine groups is 1. The van der Waals surface area contributed by atoms with E-state index >= 15 is 0 Å². The van der Waals surface area contributed by atoms with Gasteiger partial charge in [-0.15, -0.1) is 11.3 Å². The number of halogens is 1. The fraction of sp³-hybridized carbons (Fsp3) is 0. The van der Waals surface area contributed by atoms with Crippen molar-refractivity contribution in [3.8, 4) is 10.6 Å². The molecule has 20 heavy (non-hydrogen) atoms. The molecule has 1 aromatic heterocycles. The third-order valence-corrected chi connectivity index (χ3v) is 4.19. The van der Waals surface area contributed by atoms with Gasteiger partial charge in [-0.3, -0.25) is 10.2 Å². The lowest BCUT2D eigenvalue weighted by atomic mass is 10.2. The van der Waals surface area contributed by atoms with Gasteiger partial charge in [0.15, 0.2) is 0 Å². The summed E-state index contributed by atoms with van der Waals surface area (Å²) in [6, 6.07) is 12.8. The number of nitrogens with zero attached hydrogens (tertiary/aromatic N) is 1. The number of nitrogen functional groups attached to an aromatic ring is 1. The predicted molar refractivity (Wildman–Crippen MR) is 81.7 cm³/mol. The first-order chi connectivity index (χ1) is 9.67. The van der Waals surface area contributed by atoms with Gasteiger partial charge in [0.05, 0.1) is 10.2 Å². The van der Waals surface area contributed by atoms with Crippen LogP contribution in [0.2, 0.25) is 5.02 Å². The lowest BCUT2D eigenvalue weighted by Crippen LogP contribution is -2.29. The van der Waals surface area contributed by atoms with Crippen LogP contribution >= 0.6 is 22.9 Å². The second-order valence-electron chi connectivity index (χ2n) is 4.18. The van der Waals surface area contributed by atoms with Crippen LogP contribution < -0.4 is 11.3 Å². The van der Waals surface area contributed by atoms with Crippen molar-refractivity contribution in [2.24, 2.45) is 5.84 Å². The molecule has 4 nitrogen and oxygen atoms in total. The molecule has 6 heteroatoms. The van der Waals surface area contributed by atoms with Gasteiger partial charge >= 0.3 is 0 Å². The average Bonchev–Trinajstić information content (AvgIpc) is 2.90. The van der Waals surface area contributed by atoms with E-state index in [9.17, 15) is 4.79 Å². The van der Waals surface area contributed by atoms with Crippen LogP contribution in [0.15, 0.2) is 42.5 Å². The van der Waals surface area contributed by atoms with Crippen molar-refractivity contribution in [2.75, 3.05) is 0 Å². The molecule has 3 N–H and O–H groups in total. The van der Waals surface area contributed by atoms with E-state index in [2.05, 4.69) is 10.4 Å². The van der Waals surface area contributed by atoms with E-state index in [0.717, 1.165) is 20.8 Å². The maximum absolute atomic E-state index is 11.5. The Kier molecular flexibility index (Phi) is 3.40. The molecule has 0 radical (unpaired) electrons. The van der Waals surface area contributed by atoms with Crippen LogP contribution in [0.4, 0.5) is 0 Å². The quantitative estimate of drug-likeness (QED) is 0.434. The van der Waals surface area contributed by atoms with E-state index in [1.54, 1.807) is 12.1 Å². The molecule has 100 valence electrons. The molecule has 1 amide bonds. The number of nitrogens with one attached hydrogen (secondary N) is 1. The summed E-state index contributed by atoms with van der Waals surface area (Å²) in [4.78, 5) is 16.1. The normalized spacial score (nSPS) is 10.7. The highest BCUT2D eigenvalue weighted by Gasteiger charge is 2.09. The Balaban J connectivity index is 2.06. The predicted octanol–water partition coefficient (Wildman–Crippen LogP) is 3.22. The second-order valence-corrected chi connectivity index (χ2v) is 5.65. The molecule has 0 fully saturated rings. The van der Waals surface area contributed by atoms with E-state index < -0.39 is 0 Å². The van der Waals surface area contributed by atoms with Gasteiger partial charge in [0.1, 0.15) is 5.01 Å². The van der Waals surface area contributed by atoms with Crippen LogP contribution in [0.25, 0.3) is 20.8 Å². The van der Waals surface area contributed by atoms with Crippen LogP contribution in [0.3, 0.4) is 0 Å². The molecule has 0 unspecified atom stereocenters. The number of hydrogen-bond donors (Lipinski definition) is 2. The van der Waals surface area contributed by atoms with Crippen molar-refractivity contribution < 1.29 is 4.79 Å². The summed E-state index contributed by atoms with van der Waals surface area (Å²) in [5.74, 6) is 4.82. The highest BCUT2D eigenvalue weighted by atomic mass is 35.5. The number of thiazole rings is 1. The van der Waals surface area contributed by atoms with Crippen LogP contribution in [-0.2, 0) is 0 Å². The van der Waals surface area contributed by atoms with Crippen LogP contribution in [0.5, 0.6) is 0 Å². The first kappa shape index (κ1) is 13.1. The first-order valence-electron chi connectivity index (χ1n) is 5.85. The van der Waals surface area contributed by atoms with Crippen molar-refractivity contribution in [1.82, 2.24) is 10.4 Å². The molecule has 0 spiro atoms. The van der Waals surface area contributed by atoms with Gasteiger partial charge in [-0.1, -0.05) is 23.7 Å². The molecule has 0 aliphatic carbocycles. The Morgan fingerprint density at radius 2 is 1.95 bits per heavy atom. The highest BCUT2D eigenvalue weighted by molar-refractivity contribution is 7.21. The molecule has 0 aliphatic rings. The minimum atomic E-state index is -0.312. The Bertz CT molecular complexity index is 783. The molecule has 0 bridgehead atoms. The number of aromatic nitrogens is 1. The number of benzene rings is 2. The standard InChI is InChI=1S/C14H10ClN3OS/c15-10-4-1-8(2-5-10)14-17-11-6-3-9(13(19)18-16)7-12(11)20-14/h1-7H,16H2,(H,18,19). The average molecular weight is 304 g/mol. The Hall–Kier alpha value is -1.95. The molecule has 0 aliphatic heterocycles. The molecule has 2 aromatic carbocycles. The van der Waals surface area contributed by atoms with E-state index in [-0.39, 0.29) is 5.91 Å². The number of fused-ring (bicyclic) bond motifs is 1. The topological polar surface area (TPSA) is 68.0 Å². The van der Waals surface area contributed by atoms with E-state index in [1.165, 1.54) is 11.3 Å². The van der Waals surface area contributed by atoms with Gasteiger partial charge in [0.25, 0.3) is 5.91 Å². The molecular weight excluding hydrogens is 294 g/mol. The smallest absolute Gasteiger partial charge is 0.265 e. The van der Waals surface area contributed by atoms with Crippen molar-refractivity contribution >= 4 is 39.1 Å². The minimum Gasteiger partial charge on any atom is -0.290 e. The van der Waals surface area contributed by atoms with Crippen LogP contribution in [0, 0.1) is 0 Å². The molecule has 1 heterocycles. The van der Waals surface area contributed by atoms with E-state index in [0.29, 0.717) is 10.6 Å². The van der Waals surface area contributed by atoms with Crippen molar-refractivity contribution in [2.45, 2.75) is 0 Å². The third kappa shape index (κ3) is 2.38. The number of amides is 1. The van der Waals surface area contributed by atoms with E-state index in [1.807, 2.05) is 30.3 Å². The van der Waals surface area contributed by atoms with Gasteiger partial charge in [-0.05, 0) is 30.3 Å². The zero-order valence-corrected chi connectivity index (χ0v) is 11.8. The van der Waals surface area contributed by atoms with Gasteiger partial charge < -0.3 is 0 Å². The minimum absolute atomic E-state index is 0.312. The summed E-state index contributed by atoms with van der Waals surface area (Å²) in [7, 11) is 0. The Morgan fingerprint density at radius 1 is 1.20 bits per heavy atom. The monoisotopic (exact) mass is 303 g/mol. The lowest BCUT2D eigenvalue weighted by molar-refractivity contribution is 0.0954. The summed E-state index contributed by atoms with van der Waals surface area (Å²) in [6.07, 6.45) is 0. The van der Waals surface area contributed by atoms with Gasteiger partial charge in [-0.2, -0.15) is 0 Å². The molecule has 3 aromatic rings. The first-order valence-corrected chi connectivity index (χ1v) is 7.04. The maximum atomic E-state index is 11.5. The maximum Gasteiger partial charge on any atom is 0.265 e. The number of carbonyl (C=O) groups is 1. The Labute approximate surface area is 124 Å². The zero-order chi connectivity index (χ0) is 14.1. The zero-order valence-electron chi connectivity index (χ0n) is 10.3. The molecule has 3 rings (SSSR count).